The SMILES string of the molecule is CCOc1c(I)cc(/C=C2\NC(=O)N(CC(=O)Nc3cccc(C)c3)C2=O)cc1OC. The molecule has 1 aliphatic heterocycles. The molecule has 0 unspecified atom stereocenters. The van der Waals surface area contributed by atoms with E-state index in [0.717, 1.165) is 14.0 Å². The zero-order valence-corrected chi connectivity index (χ0v) is 19.5. The van der Waals surface area contributed by atoms with Gasteiger partial charge in [0.15, 0.2) is 11.5 Å². The Bertz CT molecular complexity index is 1070. The Morgan fingerprint density at radius 3 is 2.71 bits per heavy atom. The monoisotopic (exact) mass is 535 g/mol. The predicted octanol–water partition coefficient (Wildman–Crippen LogP) is 3.54. The summed E-state index contributed by atoms with van der Waals surface area (Å²) in [4.78, 5) is 38.2. The number of carbonyl (C=O) groups is 3. The molecule has 0 aromatic heterocycles. The molecule has 1 heterocycles. The Hall–Kier alpha value is -3.08. The van der Waals surface area contributed by atoms with Crippen LogP contribution in [0.2, 0.25) is 0 Å². The minimum absolute atomic E-state index is 0.0790. The number of ether oxygens (including phenoxy) is 2. The van der Waals surface area contributed by atoms with Gasteiger partial charge in [-0.05, 0) is 77.9 Å². The number of hydrogen-bond donors (Lipinski definition) is 2. The summed E-state index contributed by atoms with van der Waals surface area (Å²) >= 11 is 2.12. The molecule has 2 aromatic rings. The number of carbonyl (C=O) groups excluding carboxylic acids is 3. The molecule has 0 atom stereocenters. The molecule has 4 amide bonds. The highest BCUT2D eigenvalue weighted by Gasteiger charge is 2.35. The van der Waals surface area contributed by atoms with Crippen LogP contribution in [0.25, 0.3) is 6.08 Å². The second-order valence-corrected chi connectivity index (χ2v) is 7.93. The number of rotatable bonds is 7. The number of benzene rings is 2. The van der Waals surface area contributed by atoms with Gasteiger partial charge in [-0.15, -0.1) is 0 Å². The molecule has 0 spiro atoms. The fraction of sp³-hybridized carbons (Fsp3) is 0.227. The second kappa shape index (κ2) is 9.82. The molecule has 0 radical (unpaired) electrons. The fourth-order valence-electron chi connectivity index (χ4n) is 3.06. The van der Waals surface area contributed by atoms with Gasteiger partial charge in [0.2, 0.25) is 5.91 Å². The molecule has 0 aliphatic carbocycles. The maximum atomic E-state index is 12.7. The number of anilines is 1. The summed E-state index contributed by atoms with van der Waals surface area (Å²) in [6.45, 7) is 3.88. The Kier molecular flexibility index (Phi) is 7.16. The lowest BCUT2D eigenvalue weighted by Crippen LogP contribution is -2.38. The largest absolute Gasteiger partial charge is 0.493 e. The zero-order valence-electron chi connectivity index (χ0n) is 17.3. The van der Waals surface area contributed by atoms with E-state index in [-0.39, 0.29) is 12.2 Å². The first-order valence-corrected chi connectivity index (χ1v) is 10.6. The lowest BCUT2D eigenvalue weighted by molar-refractivity contribution is -0.127. The van der Waals surface area contributed by atoms with E-state index in [1.807, 2.05) is 32.0 Å². The van der Waals surface area contributed by atoms with Crippen LogP contribution in [-0.2, 0) is 9.59 Å². The Labute approximate surface area is 193 Å². The third-order valence-electron chi connectivity index (χ3n) is 4.42. The third kappa shape index (κ3) is 5.35. The molecule has 2 N–H and O–H groups in total. The average Bonchev–Trinajstić information content (AvgIpc) is 2.97. The van der Waals surface area contributed by atoms with Crippen LogP contribution >= 0.6 is 22.6 Å². The fourth-order valence-corrected chi connectivity index (χ4v) is 3.84. The number of imide groups is 1. The minimum Gasteiger partial charge on any atom is -0.493 e. The molecule has 9 heteroatoms. The zero-order chi connectivity index (χ0) is 22.5. The maximum absolute atomic E-state index is 12.7. The molecular weight excluding hydrogens is 513 g/mol. The van der Waals surface area contributed by atoms with Crippen molar-refractivity contribution in [2.45, 2.75) is 13.8 Å². The van der Waals surface area contributed by atoms with E-state index < -0.39 is 17.8 Å². The Morgan fingerprint density at radius 2 is 2.03 bits per heavy atom. The van der Waals surface area contributed by atoms with E-state index in [4.69, 9.17) is 9.47 Å². The van der Waals surface area contributed by atoms with Crippen LogP contribution in [0, 0.1) is 10.5 Å². The van der Waals surface area contributed by atoms with Crippen molar-refractivity contribution < 1.29 is 23.9 Å². The highest BCUT2D eigenvalue weighted by Crippen LogP contribution is 2.34. The van der Waals surface area contributed by atoms with Crippen LogP contribution in [-0.4, -0.2) is 43.0 Å². The first-order valence-electron chi connectivity index (χ1n) is 9.53. The molecule has 3 rings (SSSR count). The van der Waals surface area contributed by atoms with Crippen molar-refractivity contribution in [2.24, 2.45) is 0 Å². The number of amides is 4. The molecule has 0 bridgehead atoms. The van der Waals surface area contributed by atoms with Gasteiger partial charge >= 0.3 is 6.03 Å². The maximum Gasteiger partial charge on any atom is 0.329 e. The van der Waals surface area contributed by atoms with E-state index in [9.17, 15) is 14.4 Å². The average molecular weight is 535 g/mol. The van der Waals surface area contributed by atoms with Crippen molar-refractivity contribution in [3.63, 3.8) is 0 Å². The summed E-state index contributed by atoms with van der Waals surface area (Å²) < 4.78 is 11.8. The third-order valence-corrected chi connectivity index (χ3v) is 5.22. The summed E-state index contributed by atoms with van der Waals surface area (Å²) in [5, 5.41) is 5.21. The highest BCUT2D eigenvalue weighted by atomic mass is 127. The van der Waals surface area contributed by atoms with Crippen molar-refractivity contribution in [1.82, 2.24) is 10.2 Å². The molecule has 31 heavy (non-hydrogen) atoms. The summed E-state index contributed by atoms with van der Waals surface area (Å²) in [5.74, 6) is 0.0932. The second-order valence-electron chi connectivity index (χ2n) is 6.76. The molecular formula is C22H22IN3O5. The van der Waals surface area contributed by atoms with E-state index in [1.165, 1.54) is 7.11 Å². The molecule has 1 saturated heterocycles. The van der Waals surface area contributed by atoms with Gasteiger partial charge in [0, 0.05) is 5.69 Å². The molecule has 1 aliphatic rings. The standard InChI is InChI=1S/C22H22IN3O5/c1-4-31-20-16(23)9-14(11-18(20)30-3)10-17-21(28)26(22(29)25-17)12-19(27)24-15-7-5-6-13(2)8-15/h5-11H,4,12H2,1-3H3,(H,24,27)(H,25,29)/b17-10-. The van der Waals surface area contributed by atoms with Crippen molar-refractivity contribution in [1.29, 1.82) is 0 Å². The van der Waals surface area contributed by atoms with Crippen molar-refractivity contribution in [2.75, 3.05) is 25.6 Å². The quantitative estimate of drug-likeness (QED) is 0.321. The smallest absolute Gasteiger partial charge is 0.329 e. The Balaban J connectivity index is 1.76. The summed E-state index contributed by atoms with van der Waals surface area (Å²) in [6, 6.07) is 10.1. The number of nitrogens with zero attached hydrogens (tertiary/aromatic N) is 1. The van der Waals surface area contributed by atoms with Gasteiger partial charge in [0.1, 0.15) is 12.2 Å². The first kappa shape index (κ1) is 22.6. The van der Waals surface area contributed by atoms with E-state index >= 15 is 0 Å². The summed E-state index contributed by atoms with van der Waals surface area (Å²) in [5.41, 5.74) is 2.32. The normalized spacial score (nSPS) is 14.6. The van der Waals surface area contributed by atoms with Crippen LogP contribution in [0.5, 0.6) is 11.5 Å². The molecule has 8 nitrogen and oxygen atoms in total. The summed E-state index contributed by atoms with van der Waals surface area (Å²) in [7, 11) is 1.53. The number of halogens is 1. The van der Waals surface area contributed by atoms with Crippen molar-refractivity contribution >= 4 is 52.2 Å². The molecule has 0 saturated carbocycles. The van der Waals surface area contributed by atoms with Gasteiger partial charge < -0.3 is 20.1 Å². The lowest BCUT2D eigenvalue weighted by atomic mass is 10.1. The van der Waals surface area contributed by atoms with Gasteiger partial charge in [0.25, 0.3) is 5.91 Å². The molecule has 2 aromatic carbocycles. The van der Waals surface area contributed by atoms with E-state index in [1.54, 1.807) is 24.3 Å². The van der Waals surface area contributed by atoms with E-state index in [2.05, 4.69) is 33.2 Å². The van der Waals surface area contributed by atoms with Gasteiger partial charge in [-0.1, -0.05) is 12.1 Å². The topological polar surface area (TPSA) is 97.0 Å². The van der Waals surface area contributed by atoms with Crippen molar-refractivity contribution in [3.8, 4) is 11.5 Å². The highest BCUT2D eigenvalue weighted by molar-refractivity contribution is 14.1. The summed E-state index contributed by atoms with van der Waals surface area (Å²) in [6.07, 6.45) is 1.54. The van der Waals surface area contributed by atoms with E-state index in [0.29, 0.717) is 29.4 Å². The van der Waals surface area contributed by atoms with Gasteiger partial charge in [0.05, 0.1) is 17.3 Å². The van der Waals surface area contributed by atoms with Crippen LogP contribution in [0.1, 0.15) is 18.1 Å². The predicted molar refractivity (Wildman–Crippen MR) is 125 cm³/mol. The molecule has 1 fully saturated rings. The van der Waals surface area contributed by atoms with Gasteiger partial charge in [-0.3, -0.25) is 9.59 Å². The number of nitrogens with one attached hydrogen (secondary N) is 2. The Morgan fingerprint density at radius 1 is 1.26 bits per heavy atom. The van der Waals surface area contributed by atoms with Crippen LogP contribution in [0.4, 0.5) is 10.5 Å². The van der Waals surface area contributed by atoms with Gasteiger partial charge in [-0.2, -0.15) is 0 Å². The number of aryl methyl sites for hydroxylation is 1. The van der Waals surface area contributed by atoms with Crippen molar-refractivity contribution in [3.05, 3.63) is 56.8 Å². The van der Waals surface area contributed by atoms with Crippen LogP contribution in [0.3, 0.4) is 0 Å². The molecule has 162 valence electrons. The minimum atomic E-state index is -0.650. The lowest BCUT2D eigenvalue weighted by Gasteiger charge is -2.13. The first-order chi connectivity index (χ1) is 14.8. The van der Waals surface area contributed by atoms with Gasteiger partial charge in [-0.25, -0.2) is 9.69 Å². The number of methoxy groups -OCH3 is 1. The number of urea groups is 1. The van der Waals surface area contributed by atoms with Crippen LogP contribution in [0.15, 0.2) is 42.1 Å². The van der Waals surface area contributed by atoms with Crippen LogP contribution < -0.4 is 20.1 Å². The number of hydrogen-bond acceptors (Lipinski definition) is 5.